The van der Waals surface area contributed by atoms with Crippen molar-refractivity contribution in [1.82, 2.24) is 9.80 Å². The molecule has 3 rings (SSSR count). The molecule has 1 aliphatic rings. The van der Waals surface area contributed by atoms with Crippen LogP contribution in [0, 0.1) is 5.92 Å². The molecule has 0 bridgehead atoms. The zero-order chi connectivity index (χ0) is 16.9. The second kappa shape index (κ2) is 8.28. The van der Waals surface area contributed by atoms with E-state index in [9.17, 15) is 4.79 Å². The third kappa shape index (κ3) is 4.68. The van der Waals surface area contributed by atoms with E-state index in [0.29, 0.717) is 6.54 Å². The molecular weight excluding hydrogens is 384 g/mol. The van der Waals surface area contributed by atoms with Crippen molar-refractivity contribution < 1.29 is 4.79 Å². The van der Waals surface area contributed by atoms with E-state index in [1.807, 2.05) is 18.0 Å². The maximum absolute atomic E-state index is 12.8. The summed E-state index contributed by atoms with van der Waals surface area (Å²) in [6, 6.07) is 12.6. The van der Waals surface area contributed by atoms with Crippen LogP contribution in [0.3, 0.4) is 0 Å². The number of hydrogen-bond acceptors (Lipinski definition) is 3. The number of nitrogens with zero attached hydrogens (tertiary/aromatic N) is 2. The molecule has 1 aromatic carbocycles. The number of piperidine rings is 1. The molecule has 2 heterocycles. The Labute approximate surface area is 156 Å². The van der Waals surface area contributed by atoms with Gasteiger partial charge in [0.1, 0.15) is 0 Å². The predicted octanol–water partition coefficient (Wildman–Crippen LogP) is 4.38. The van der Waals surface area contributed by atoms with Gasteiger partial charge in [-0.3, -0.25) is 9.69 Å². The first-order valence-corrected chi connectivity index (χ1v) is 10.0. The molecule has 1 fully saturated rings. The summed E-state index contributed by atoms with van der Waals surface area (Å²) < 4.78 is 1.09. The highest BCUT2D eigenvalue weighted by atomic mass is 79.9. The van der Waals surface area contributed by atoms with Crippen molar-refractivity contribution in [2.45, 2.75) is 25.9 Å². The second-order valence-electron chi connectivity index (χ2n) is 6.49. The summed E-state index contributed by atoms with van der Waals surface area (Å²) in [7, 11) is 1.92. The van der Waals surface area contributed by atoms with Gasteiger partial charge in [-0.05, 0) is 46.9 Å². The highest BCUT2D eigenvalue weighted by molar-refractivity contribution is 9.10. The van der Waals surface area contributed by atoms with Crippen LogP contribution in [0.2, 0.25) is 0 Å². The van der Waals surface area contributed by atoms with Crippen molar-refractivity contribution >= 4 is 33.2 Å². The SMILES string of the molecule is CN(Cc1cc(Br)cs1)C(=O)C1CCCN(Cc2ccccc2)C1. The Morgan fingerprint density at radius 2 is 2.17 bits per heavy atom. The van der Waals surface area contributed by atoms with Crippen LogP contribution < -0.4 is 0 Å². The van der Waals surface area contributed by atoms with Crippen LogP contribution in [0.15, 0.2) is 46.3 Å². The van der Waals surface area contributed by atoms with Gasteiger partial charge in [-0.1, -0.05) is 30.3 Å². The van der Waals surface area contributed by atoms with Gasteiger partial charge in [0, 0.05) is 34.9 Å². The Kier molecular flexibility index (Phi) is 6.09. The lowest BCUT2D eigenvalue weighted by molar-refractivity contribution is -0.136. The van der Waals surface area contributed by atoms with E-state index in [4.69, 9.17) is 0 Å². The molecule has 1 aliphatic heterocycles. The number of carbonyl (C=O) groups is 1. The van der Waals surface area contributed by atoms with E-state index in [-0.39, 0.29) is 11.8 Å². The largest absolute Gasteiger partial charge is 0.340 e. The highest BCUT2D eigenvalue weighted by Gasteiger charge is 2.28. The van der Waals surface area contributed by atoms with Crippen molar-refractivity contribution in [3.05, 3.63) is 56.7 Å². The summed E-state index contributed by atoms with van der Waals surface area (Å²) in [6.07, 6.45) is 2.10. The van der Waals surface area contributed by atoms with E-state index < -0.39 is 0 Å². The average Bonchev–Trinajstić information content (AvgIpc) is 3.00. The molecule has 24 heavy (non-hydrogen) atoms. The summed E-state index contributed by atoms with van der Waals surface area (Å²) in [5.41, 5.74) is 1.32. The first-order chi connectivity index (χ1) is 11.6. The minimum absolute atomic E-state index is 0.121. The van der Waals surface area contributed by atoms with Crippen LogP contribution in [-0.4, -0.2) is 35.8 Å². The number of hydrogen-bond donors (Lipinski definition) is 0. The smallest absolute Gasteiger partial charge is 0.227 e. The zero-order valence-electron chi connectivity index (χ0n) is 14.0. The minimum atomic E-state index is 0.121. The summed E-state index contributed by atoms with van der Waals surface area (Å²) in [4.78, 5) is 18.3. The molecule has 5 heteroatoms. The molecule has 1 amide bonds. The summed E-state index contributed by atoms with van der Waals surface area (Å²) >= 11 is 5.17. The molecule has 0 aliphatic carbocycles. The topological polar surface area (TPSA) is 23.6 Å². The Balaban J connectivity index is 1.56. The van der Waals surface area contributed by atoms with Gasteiger partial charge in [0.05, 0.1) is 12.5 Å². The zero-order valence-corrected chi connectivity index (χ0v) is 16.4. The van der Waals surface area contributed by atoms with Crippen molar-refractivity contribution in [1.29, 1.82) is 0 Å². The molecule has 0 radical (unpaired) electrons. The molecule has 2 aromatic rings. The van der Waals surface area contributed by atoms with Gasteiger partial charge in [-0.15, -0.1) is 11.3 Å². The highest BCUT2D eigenvalue weighted by Crippen LogP contribution is 2.24. The van der Waals surface area contributed by atoms with Gasteiger partial charge in [0.15, 0.2) is 0 Å². The first kappa shape index (κ1) is 17.6. The van der Waals surface area contributed by atoms with E-state index in [1.54, 1.807) is 11.3 Å². The predicted molar refractivity (Wildman–Crippen MR) is 103 cm³/mol. The second-order valence-corrected chi connectivity index (χ2v) is 8.40. The summed E-state index contributed by atoms with van der Waals surface area (Å²) in [5, 5.41) is 2.07. The van der Waals surface area contributed by atoms with Crippen molar-refractivity contribution in [2.75, 3.05) is 20.1 Å². The van der Waals surface area contributed by atoms with Crippen LogP contribution in [0.5, 0.6) is 0 Å². The average molecular weight is 407 g/mol. The lowest BCUT2D eigenvalue weighted by atomic mass is 9.96. The van der Waals surface area contributed by atoms with Gasteiger partial charge in [-0.25, -0.2) is 0 Å². The molecule has 0 N–H and O–H groups in total. The normalized spacial score (nSPS) is 18.5. The lowest BCUT2D eigenvalue weighted by Crippen LogP contribution is -2.43. The molecule has 3 nitrogen and oxygen atoms in total. The molecule has 1 saturated heterocycles. The van der Waals surface area contributed by atoms with Crippen molar-refractivity contribution in [3.8, 4) is 0 Å². The Hall–Kier alpha value is -1.17. The van der Waals surface area contributed by atoms with E-state index in [2.05, 4.69) is 56.5 Å². The van der Waals surface area contributed by atoms with Gasteiger partial charge < -0.3 is 4.90 Å². The maximum atomic E-state index is 12.8. The number of benzene rings is 1. The van der Waals surface area contributed by atoms with Crippen molar-refractivity contribution in [3.63, 3.8) is 0 Å². The molecule has 1 aromatic heterocycles. The quantitative estimate of drug-likeness (QED) is 0.735. The Morgan fingerprint density at radius 1 is 1.38 bits per heavy atom. The molecule has 0 spiro atoms. The van der Waals surface area contributed by atoms with Gasteiger partial charge >= 0.3 is 0 Å². The minimum Gasteiger partial charge on any atom is -0.340 e. The molecule has 1 atom stereocenters. The van der Waals surface area contributed by atoms with Gasteiger partial charge in [-0.2, -0.15) is 0 Å². The molecular formula is C19H23BrN2OS. The van der Waals surface area contributed by atoms with Crippen LogP contribution in [0.4, 0.5) is 0 Å². The number of halogens is 1. The molecule has 0 saturated carbocycles. The summed E-state index contributed by atoms with van der Waals surface area (Å²) in [5.74, 6) is 0.396. The standard InChI is InChI=1S/C19H23BrN2OS/c1-21(13-18-10-17(20)14-24-18)19(23)16-8-5-9-22(12-16)11-15-6-3-2-4-7-15/h2-4,6-7,10,14,16H,5,8-9,11-13H2,1H3. The number of thiophene rings is 1. The van der Waals surface area contributed by atoms with Crippen LogP contribution in [0.25, 0.3) is 0 Å². The van der Waals surface area contributed by atoms with Gasteiger partial charge in [0.2, 0.25) is 5.91 Å². The number of carbonyl (C=O) groups excluding carboxylic acids is 1. The third-order valence-corrected chi connectivity index (χ3v) is 6.18. The Morgan fingerprint density at radius 3 is 2.88 bits per heavy atom. The number of amides is 1. The van der Waals surface area contributed by atoms with E-state index in [0.717, 1.165) is 36.9 Å². The van der Waals surface area contributed by atoms with E-state index in [1.165, 1.54) is 10.4 Å². The molecule has 1 unspecified atom stereocenters. The maximum Gasteiger partial charge on any atom is 0.227 e. The van der Waals surface area contributed by atoms with E-state index >= 15 is 0 Å². The monoisotopic (exact) mass is 406 g/mol. The van der Waals surface area contributed by atoms with Crippen LogP contribution in [-0.2, 0) is 17.9 Å². The fraction of sp³-hybridized carbons (Fsp3) is 0.421. The lowest BCUT2D eigenvalue weighted by Gasteiger charge is -2.34. The fourth-order valence-electron chi connectivity index (χ4n) is 3.30. The fourth-order valence-corrected chi connectivity index (χ4v) is 4.81. The number of likely N-dealkylation sites (tertiary alicyclic amines) is 1. The van der Waals surface area contributed by atoms with Crippen molar-refractivity contribution in [2.24, 2.45) is 5.92 Å². The third-order valence-electron chi connectivity index (χ3n) is 4.49. The van der Waals surface area contributed by atoms with Crippen LogP contribution in [0.1, 0.15) is 23.3 Å². The Bertz CT molecular complexity index is 673. The number of rotatable bonds is 5. The van der Waals surface area contributed by atoms with Gasteiger partial charge in [0.25, 0.3) is 0 Å². The first-order valence-electron chi connectivity index (χ1n) is 8.36. The summed E-state index contributed by atoms with van der Waals surface area (Å²) in [6.45, 7) is 3.59. The molecule has 128 valence electrons. The van der Waals surface area contributed by atoms with Crippen LogP contribution >= 0.6 is 27.3 Å².